The monoisotopic (exact) mass is 266 g/mol. The van der Waals surface area contributed by atoms with Crippen LogP contribution < -0.4 is 0 Å². The molecule has 0 spiro atoms. The van der Waals surface area contributed by atoms with Gasteiger partial charge in [-0.05, 0) is 18.4 Å². The zero-order valence-corrected chi connectivity index (χ0v) is 13.1. The molecule has 0 saturated heterocycles. The number of carbonyl (C=O) groups excluding carboxylic acids is 1. The molecule has 0 fully saturated rings. The average molecular weight is 266 g/mol. The van der Waals surface area contributed by atoms with Crippen molar-refractivity contribution in [3.05, 3.63) is 12.2 Å². The van der Waals surface area contributed by atoms with Crippen LogP contribution in [0.3, 0.4) is 0 Å². The average Bonchev–Trinajstić information content (AvgIpc) is 2.43. The Morgan fingerprint density at radius 1 is 0.737 bits per heavy atom. The number of aldehydes is 1. The van der Waals surface area contributed by atoms with E-state index in [2.05, 4.69) is 13.5 Å². The van der Waals surface area contributed by atoms with Crippen molar-refractivity contribution in [2.24, 2.45) is 0 Å². The van der Waals surface area contributed by atoms with Crippen molar-refractivity contribution in [3.63, 3.8) is 0 Å². The van der Waals surface area contributed by atoms with Crippen LogP contribution in [0.4, 0.5) is 0 Å². The third kappa shape index (κ3) is 15.4. The maximum Gasteiger partial charge on any atom is 0.145 e. The molecule has 0 aliphatic rings. The Balaban J connectivity index is 2.99. The second kappa shape index (κ2) is 15.5. The number of allylic oxidation sites excluding steroid dienone is 1. The molecule has 0 aliphatic heterocycles. The van der Waals surface area contributed by atoms with Crippen LogP contribution in [-0.2, 0) is 4.79 Å². The molecule has 0 amide bonds. The summed E-state index contributed by atoms with van der Waals surface area (Å²) in [6.45, 7) is 5.97. The number of carbonyl (C=O) groups is 1. The summed E-state index contributed by atoms with van der Waals surface area (Å²) >= 11 is 0. The number of hydrogen-bond acceptors (Lipinski definition) is 1. The van der Waals surface area contributed by atoms with Gasteiger partial charge in [0.25, 0.3) is 0 Å². The largest absolute Gasteiger partial charge is 0.298 e. The summed E-state index contributed by atoms with van der Waals surface area (Å²) in [4.78, 5) is 10.4. The summed E-state index contributed by atoms with van der Waals surface area (Å²) in [5.41, 5.74) is 0.753. The van der Waals surface area contributed by atoms with Crippen LogP contribution in [0, 0.1) is 0 Å². The minimum Gasteiger partial charge on any atom is -0.298 e. The lowest BCUT2D eigenvalue weighted by Crippen LogP contribution is -1.85. The fourth-order valence-corrected chi connectivity index (χ4v) is 2.43. The van der Waals surface area contributed by atoms with Crippen LogP contribution in [0.15, 0.2) is 12.2 Å². The number of hydrogen-bond donors (Lipinski definition) is 0. The summed E-state index contributed by atoms with van der Waals surface area (Å²) in [5.74, 6) is 0. The van der Waals surface area contributed by atoms with E-state index < -0.39 is 0 Å². The van der Waals surface area contributed by atoms with Crippen molar-refractivity contribution in [3.8, 4) is 0 Å². The van der Waals surface area contributed by atoms with Gasteiger partial charge in [-0.15, -0.1) is 0 Å². The first-order chi connectivity index (χ1) is 9.31. The summed E-state index contributed by atoms with van der Waals surface area (Å²) in [6.07, 6.45) is 19.6. The topological polar surface area (TPSA) is 17.1 Å². The third-order valence-electron chi connectivity index (χ3n) is 3.77. The Bertz CT molecular complexity index is 208. The predicted molar refractivity (Wildman–Crippen MR) is 85.5 cm³/mol. The first kappa shape index (κ1) is 18.4. The van der Waals surface area contributed by atoms with Gasteiger partial charge in [0.15, 0.2) is 0 Å². The molecular weight excluding hydrogens is 232 g/mol. The Labute approximate surface area is 120 Å². The second-order valence-corrected chi connectivity index (χ2v) is 5.77. The minimum atomic E-state index is 0.753. The van der Waals surface area contributed by atoms with E-state index >= 15 is 0 Å². The van der Waals surface area contributed by atoms with Gasteiger partial charge in [0.1, 0.15) is 6.29 Å². The molecule has 0 rings (SSSR count). The van der Waals surface area contributed by atoms with Crippen molar-refractivity contribution in [1.82, 2.24) is 0 Å². The molecule has 0 N–H and O–H groups in total. The molecule has 0 aliphatic carbocycles. The van der Waals surface area contributed by atoms with Crippen molar-refractivity contribution in [1.29, 1.82) is 0 Å². The van der Waals surface area contributed by atoms with Crippen LogP contribution in [0.5, 0.6) is 0 Å². The van der Waals surface area contributed by atoms with Gasteiger partial charge in [0.2, 0.25) is 0 Å². The Kier molecular flexibility index (Phi) is 15.0. The smallest absolute Gasteiger partial charge is 0.145 e. The molecule has 0 bridgehead atoms. The molecule has 1 heteroatoms. The van der Waals surface area contributed by atoms with Gasteiger partial charge >= 0.3 is 0 Å². The number of rotatable bonds is 15. The maximum absolute atomic E-state index is 10.4. The van der Waals surface area contributed by atoms with Gasteiger partial charge in [-0.3, -0.25) is 4.79 Å². The highest BCUT2D eigenvalue weighted by molar-refractivity contribution is 5.71. The lowest BCUT2D eigenvalue weighted by Gasteiger charge is -2.03. The van der Waals surface area contributed by atoms with E-state index in [4.69, 9.17) is 0 Å². The van der Waals surface area contributed by atoms with E-state index in [1.807, 2.05) is 0 Å². The molecule has 0 unspecified atom stereocenters. The van der Waals surface area contributed by atoms with Gasteiger partial charge in [-0.1, -0.05) is 90.6 Å². The number of unbranched alkanes of at least 4 members (excludes halogenated alkanes) is 12. The normalized spacial score (nSPS) is 10.6. The van der Waals surface area contributed by atoms with Crippen molar-refractivity contribution < 1.29 is 4.79 Å². The van der Waals surface area contributed by atoms with Crippen molar-refractivity contribution >= 4 is 6.29 Å². The Morgan fingerprint density at radius 3 is 1.47 bits per heavy atom. The predicted octanol–water partition coefficient (Wildman–Crippen LogP) is 6.22. The van der Waals surface area contributed by atoms with Gasteiger partial charge in [0.05, 0.1) is 0 Å². The van der Waals surface area contributed by atoms with E-state index in [1.54, 1.807) is 0 Å². The van der Waals surface area contributed by atoms with E-state index in [9.17, 15) is 4.79 Å². The fourth-order valence-electron chi connectivity index (χ4n) is 2.43. The Morgan fingerprint density at radius 2 is 1.11 bits per heavy atom. The molecule has 112 valence electrons. The molecule has 0 radical (unpaired) electrons. The lowest BCUT2D eigenvalue weighted by atomic mass is 10.0. The van der Waals surface area contributed by atoms with Crippen molar-refractivity contribution in [2.45, 2.75) is 96.8 Å². The first-order valence-electron chi connectivity index (χ1n) is 8.44. The molecule has 0 aromatic heterocycles. The molecule has 19 heavy (non-hydrogen) atoms. The summed E-state index contributed by atoms with van der Waals surface area (Å²) in [5, 5.41) is 0. The standard InChI is InChI=1S/C18H34O/c1-3-4-5-6-7-8-9-10-11-12-13-14-15-16-18(2)17-19/h17H,2-16H2,1H3. The van der Waals surface area contributed by atoms with E-state index in [0.29, 0.717) is 0 Å². The lowest BCUT2D eigenvalue weighted by molar-refractivity contribution is -0.105. The quantitative estimate of drug-likeness (QED) is 0.195. The highest BCUT2D eigenvalue weighted by atomic mass is 16.1. The molecule has 0 atom stereocenters. The molecule has 0 heterocycles. The SMILES string of the molecule is C=C(C=O)CCCCCCCCCCCCCCC. The van der Waals surface area contributed by atoms with Gasteiger partial charge in [-0.25, -0.2) is 0 Å². The van der Waals surface area contributed by atoms with E-state index in [-0.39, 0.29) is 0 Å². The van der Waals surface area contributed by atoms with Crippen LogP contribution in [0.2, 0.25) is 0 Å². The summed E-state index contributed by atoms with van der Waals surface area (Å²) in [6, 6.07) is 0. The second-order valence-electron chi connectivity index (χ2n) is 5.77. The van der Waals surface area contributed by atoms with Crippen LogP contribution in [0.25, 0.3) is 0 Å². The minimum absolute atomic E-state index is 0.753. The highest BCUT2D eigenvalue weighted by Crippen LogP contribution is 2.13. The fraction of sp³-hybridized carbons (Fsp3) is 0.833. The zero-order chi connectivity index (χ0) is 14.2. The molecule has 0 aromatic rings. The molecule has 1 nitrogen and oxygen atoms in total. The molecular formula is C18H34O. The van der Waals surface area contributed by atoms with Crippen LogP contribution in [0.1, 0.15) is 96.8 Å². The molecule has 0 saturated carbocycles. The van der Waals surface area contributed by atoms with E-state index in [0.717, 1.165) is 24.7 Å². The van der Waals surface area contributed by atoms with E-state index in [1.165, 1.54) is 77.0 Å². The van der Waals surface area contributed by atoms with Crippen LogP contribution in [-0.4, -0.2) is 6.29 Å². The van der Waals surface area contributed by atoms with Crippen LogP contribution >= 0.6 is 0 Å². The van der Waals surface area contributed by atoms with Crippen molar-refractivity contribution in [2.75, 3.05) is 0 Å². The van der Waals surface area contributed by atoms with Gasteiger partial charge in [0, 0.05) is 0 Å². The highest BCUT2D eigenvalue weighted by Gasteiger charge is 1.95. The third-order valence-corrected chi connectivity index (χ3v) is 3.77. The summed E-state index contributed by atoms with van der Waals surface area (Å²) < 4.78 is 0. The van der Waals surface area contributed by atoms with Gasteiger partial charge < -0.3 is 0 Å². The zero-order valence-electron chi connectivity index (χ0n) is 13.1. The Hall–Kier alpha value is -0.590. The van der Waals surface area contributed by atoms with Gasteiger partial charge in [-0.2, -0.15) is 0 Å². The molecule has 0 aromatic carbocycles. The first-order valence-corrected chi connectivity index (χ1v) is 8.44. The maximum atomic E-state index is 10.4. The summed E-state index contributed by atoms with van der Waals surface area (Å²) in [7, 11) is 0.